The third-order valence-corrected chi connectivity index (χ3v) is 7.07. The molecule has 2 unspecified atom stereocenters. The zero-order chi connectivity index (χ0) is 24.9. The van der Waals surface area contributed by atoms with Crippen LogP contribution in [-0.2, 0) is 28.5 Å². The van der Waals surface area contributed by atoms with E-state index < -0.39 is 23.8 Å². The number of hydrogen-bond acceptors (Lipinski definition) is 8. The molecule has 0 aromatic heterocycles. The van der Waals surface area contributed by atoms with E-state index in [-0.39, 0.29) is 23.9 Å². The van der Waals surface area contributed by atoms with Crippen LogP contribution in [-0.4, -0.2) is 85.5 Å². The highest BCUT2D eigenvalue weighted by molar-refractivity contribution is 5.79. The Bertz CT molecular complexity index is 687. The van der Waals surface area contributed by atoms with Crippen LogP contribution >= 0.6 is 0 Å². The van der Waals surface area contributed by atoms with Gasteiger partial charge in [-0.1, -0.05) is 0 Å². The molecule has 34 heavy (non-hydrogen) atoms. The van der Waals surface area contributed by atoms with Crippen LogP contribution in [0.4, 0.5) is 4.39 Å². The first-order valence-corrected chi connectivity index (χ1v) is 12.9. The summed E-state index contributed by atoms with van der Waals surface area (Å²) < 4.78 is 37.3. The highest BCUT2D eigenvalue weighted by Gasteiger charge is 2.57. The van der Waals surface area contributed by atoms with Gasteiger partial charge in [-0.25, -0.2) is 9.18 Å². The zero-order valence-corrected chi connectivity index (χ0v) is 21.5. The molecule has 2 aliphatic heterocycles. The Hall–Kier alpha value is -1.29. The molecule has 0 aromatic carbocycles. The van der Waals surface area contributed by atoms with Crippen LogP contribution in [0.3, 0.4) is 0 Å². The van der Waals surface area contributed by atoms with E-state index in [0.717, 1.165) is 12.8 Å². The lowest BCUT2D eigenvalue weighted by atomic mass is 9.87. The Morgan fingerprint density at radius 3 is 2.21 bits per heavy atom. The summed E-state index contributed by atoms with van der Waals surface area (Å²) in [4.78, 5) is 30.1. The molecule has 2 saturated heterocycles. The average Bonchev–Trinajstić information content (AvgIpc) is 3.49. The fraction of sp³-hybridized carbons (Fsp3) is 0.920. The van der Waals surface area contributed by atoms with Gasteiger partial charge in [-0.05, 0) is 72.6 Å². The molecule has 0 aromatic rings. The maximum absolute atomic E-state index is 14.4. The van der Waals surface area contributed by atoms with E-state index in [1.165, 1.54) is 7.11 Å². The van der Waals surface area contributed by atoms with E-state index in [9.17, 15) is 14.0 Å². The van der Waals surface area contributed by atoms with Crippen molar-refractivity contribution in [2.45, 2.75) is 96.6 Å². The second-order valence-corrected chi connectivity index (χ2v) is 10.7. The van der Waals surface area contributed by atoms with Crippen LogP contribution in [0.5, 0.6) is 0 Å². The summed E-state index contributed by atoms with van der Waals surface area (Å²) in [6.45, 7) is 10.0. The minimum absolute atomic E-state index is 0.132. The first-order valence-electron chi connectivity index (χ1n) is 12.9. The van der Waals surface area contributed by atoms with Crippen molar-refractivity contribution in [3.05, 3.63) is 0 Å². The lowest BCUT2D eigenvalue weighted by Crippen LogP contribution is -2.68. The molecule has 0 N–H and O–H groups in total. The minimum atomic E-state index is -1.41. The van der Waals surface area contributed by atoms with Gasteiger partial charge in [0.25, 0.3) is 5.85 Å². The first kappa shape index (κ1) is 27.3. The van der Waals surface area contributed by atoms with Gasteiger partial charge < -0.3 is 18.9 Å². The average molecular weight is 487 g/mol. The molecule has 0 spiro atoms. The zero-order valence-electron chi connectivity index (χ0n) is 21.5. The van der Waals surface area contributed by atoms with Crippen molar-refractivity contribution >= 4 is 11.9 Å². The summed E-state index contributed by atoms with van der Waals surface area (Å²) in [5.41, 5.74) is -0.693. The van der Waals surface area contributed by atoms with Crippen molar-refractivity contribution in [2.75, 3.05) is 39.9 Å². The van der Waals surface area contributed by atoms with Crippen LogP contribution in [0, 0.1) is 11.8 Å². The fourth-order valence-electron chi connectivity index (χ4n) is 5.40. The molecule has 3 fully saturated rings. The lowest BCUT2D eigenvalue weighted by molar-refractivity contribution is -0.275. The van der Waals surface area contributed by atoms with Gasteiger partial charge in [0.1, 0.15) is 5.60 Å². The Morgan fingerprint density at radius 2 is 1.65 bits per heavy atom. The summed E-state index contributed by atoms with van der Waals surface area (Å²) in [6.07, 6.45) is 3.54. The Morgan fingerprint density at radius 1 is 1.00 bits per heavy atom. The summed E-state index contributed by atoms with van der Waals surface area (Å²) in [7, 11) is 1.37. The molecule has 0 bridgehead atoms. The monoisotopic (exact) mass is 486 g/mol. The maximum atomic E-state index is 14.4. The number of esters is 2. The molecular weight excluding hydrogens is 443 g/mol. The highest BCUT2D eigenvalue weighted by atomic mass is 19.1. The molecule has 0 amide bonds. The number of rotatable bonds is 9. The number of alkyl halides is 1. The third kappa shape index (κ3) is 6.28. The van der Waals surface area contributed by atoms with Crippen molar-refractivity contribution in [1.82, 2.24) is 9.80 Å². The van der Waals surface area contributed by atoms with Gasteiger partial charge in [0.2, 0.25) is 6.36 Å². The number of likely N-dealkylation sites (tertiary alicyclic amines) is 2. The van der Waals surface area contributed by atoms with Crippen molar-refractivity contribution < 1.29 is 32.9 Å². The van der Waals surface area contributed by atoms with Gasteiger partial charge >= 0.3 is 11.9 Å². The Kier molecular flexibility index (Phi) is 9.34. The van der Waals surface area contributed by atoms with Gasteiger partial charge in [0.15, 0.2) is 0 Å². The summed E-state index contributed by atoms with van der Waals surface area (Å²) in [5.74, 6) is -2.48. The molecule has 2 heterocycles. The smallest absolute Gasteiger partial charge is 0.371 e. The maximum Gasteiger partial charge on any atom is 0.371 e. The quantitative estimate of drug-likeness (QED) is 0.459. The van der Waals surface area contributed by atoms with Crippen LogP contribution in [0.2, 0.25) is 0 Å². The van der Waals surface area contributed by atoms with Crippen molar-refractivity contribution in [3.8, 4) is 0 Å². The molecule has 196 valence electrons. The molecule has 0 radical (unpaired) electrons. The molecule has 8 nitrogen and oxygen atoms in total. The topological polar surface area (TPSA) is 77.5 Å². The van der Waals surface area contributed by atoms with E-state index in [2.05, 4.69) is 4.90 Å². The van der Waals surface area contributed by atoms with Gasteiger partial charge in [-0.3, -0.25) is 14.6 Å². The molecule has 3 aliphatic rings. The van der Waals surface area contributed by atoms with Crippen molar-refractivity contribution in [2.24, 2.45) is 11.8 Å². The van der Waals surface area contributed by atoms with Gasteiger partial charge in [0.05, 0.1) is 18.6 Å². The van der Waals surface area contributed by atoms with Crippen LogP contribution < -0.4 is 0 Å². The Balaban J connectivity index is 1.86. The molecule has 1 saturated carbocycles. The fourth-order valence-corrected chi connectivity index (χ4v) is 5.40. The van der Waals surface area contributed by atoms with Crippen molar-refractivity contribution in [1.29, 1.82) is 0 Å². The number of nitrogens with zero attached hydrogens (tertiary/aromatic N) is 2. The molecule has 9 heteroatoms. The van der Waals surface area contributed by atoms with Gasteiger partial charge in [-0.2, -0.15) is 0 Å². The first-order chi connectivity index (χ1) is 16.1. The molecular formula is C25H43FN2O6. The summed E-state index contributed by atoms with van der Waals surface area (Å²) in [6, 6.07) is 0. The second kappa shape index (κ2) is 11.6. The van der Waals surface area contributed by atoms with E-state index in [4.69, 9.17) is 18.9 Å². The number of hydrogen-bond donors (Lipinski definition) is 0. The highest BCUT2D eigenvalue weighted by Crippen LogP contribution is 2.39. The number of methoxy groups -OCH3 is 1. The molecule has 3 rings (SSSR count). The number of ether oxygens (including phenoxy) is 4. The second-order valence-electron chi connectivity index (χ2n) is 10.7. The van der Waals surface area contributed by atoms with E-state index in [1.807, 2.05) is 32.6 Å². The van der Waals surface area contributed by atoms with E-state index in [1.54, 1.807) is 0 Å². The van der Waals surface area contributed by atoms with Gasteiger partial charge in [0, 0.05) is 39.2 Å². The molecule has 3 atom stereocenters. The SMILES string of the molecule is CCOC(=O)[C@H]1CC[C@H](OC(C(=O)OC(C)(C)C)(N2CCCC2)N2CC[C@H](C(F)OC)C2)CC1. The summed E-state index contributed by atoms with van der Waals surface area (Å²) >= 11 is 0. The number of carbonyl (C=O) groups is 2. The van der Waals surface area contributed by atoms with Crippen LogP contribution in [0.25, 0.3) is 0 Å². The van der Waals surface area contributed by atoms with Crippen LogP contribution in [0.15, 0.2) is 0 Å². The Labute approximate surface area is 203 Å². The third-order valence-electron chi connectivity index (χ3n) is 7.07. The van der Waals surface area contributed by atoms with Crippen molar-refractivity contribution in [3.63, 3.8) is 0 Å². The lowest BCUT2D eigenvalue weighted by Gasteiger charge is -2.48. The van der Waals surface area contributed by atoms with Gasteiger partial charge in [-0.15, -0.1) is 0 Å². The van der Waals surface area contributed by atoms with Crippen LogP contribution in [0.1, 0.15) is 72.6 Å². The van der Waals surface area contributed by atoms with E-state index >= 15 is 0 Å². The summed E-state index contributed by atoms with van der Waals surface area (Å²) in [5, 5.41) is 0. The predicted molar refractivity (Wildman–Crippen MR) is 124 cm³/mol. The number of carbonyl (C=O) groups excluding carboxylic acids is 2. The van der Waals surface area contributed by atoms with E-state index in [0.29, 0.717) is 64.9 Å². The minimum Gasteiger partial charge on any atom is -0.466 e. The molecule has 1 aliphatic carbocycles. The number of halogens is 1. The standard InChI is InChI=1S/C25H43FN2O6/c1-6-32-22(29)18-9-11-20(12-10-18)33-25(27-14-7-8-15-27,23(30)34-24(2,3)4)28-16-13-19(17-28)21(26)31-5/h18-21H,6-17H2,1-5H3/t18-,19-,20-,21?,25?/m0/s1. The normalized spacial score (nSPS) is 29.5. The largest absolute Gasteiger partial charge is 0.466 e. The predicted octanol–water partition coefficient (Wildman–Crippen LogP) is 3.48.